The van der Waals surface area contributed by atoms with Crippen LogP contribution < -0.4 is 4.90 Å². The highest BCUT2D eigenvalue weighted by atomic mass is 35.5. The van der Waals surface area contributed by atoms with E-state index < -0.39 is 12.1 Å². The van der Waals surface area contributed by atoms with Crippen molar-refractivity contribution in [3.05, 3.63) is 100 Å². The molecule has 1 aromatic heterocycles. The molecule has 1 aliphatic heterocycles. The van der Waals surface area contributed by atoms with Crippen LogP contribution in [0, 0.1) is 0 Å². The van der Waals surface area contributed by atoms with Crippen molar-refractivity contribution in [3.63, 3.8) is 0 Å². The molecule has 4 aromatic rings. The van der Waals surface area contributed by atoms with Crippen molar-refractivity contribution in [1.82, 2.24) is 9.88 Å². The molecule has 0 radical (unpaired) electrons. The van der Waals surface area contributed by atoms with Crippen LogP contribution in [-0.4, -0.2) is 53.1 Å². The summed E-state index contributed by atoms with van der Waals surface area (Å²) in [7, 11) is 0. The first-order valence-corrected chi connectivity index (χ1v) is 12.1. The summed E-state index contributed by atoms with van der Waals surface area (Å²) in [5.41, 5.74) is 3.31. The lowest BCUT2D eigenvalue weighted by atomic mass is 9.93. The lowest BCUT2D eigenvalue weighted by Gasteiger charge is -2.41. The van der Waals surface area contributed by atoms with Gasteiger partial charge in [-0.15, -0.1) is 0 Å². The van der Waals surface area contributed by atoms with Crippen molar-refractivity contribution < 1.29 is 9.90 Å². The van der Waals surface area contributed by atoms with Crippen LogP contribution in [0.3, 0.4) is 0 Å². The Morgan fingerprint density at radius 2 is 1.62 bits per heavy atom. The van der Waals surface area contributed by atoms with E-state index in [0.29, 0.717) is 28.7 Å². The Bertz CT molecular complexity index is 1300. The van der Waals surface area contributed by atoms with Crippen molar-refractivity contribution in [1.29, 1.82) is 0 Å². The van der Waals surface area contributed by atoms with Crippen molar-refractivity contribution >= 4 is 45.6 Å². The molecule has 0 aliphatic carbocycles. The molecule has 0 spiro atoms. The lowest BCUT2D eigenvalue weighted by molar-refractivity contribution is 0.0366. The molecular formula is C27H25Cl2N3O2. The highest BCUT2D eigenvalue weighted by Gasteiger charge is 2.35. The van der Waals surface area contributed by atoms with Gasteiger partial charge in [-0.25, -0.2) is 0 Å². The monoisotopic (exact) mass is 493 g/mol. The van der Waals surface area contributed by atoms with Crippen molar-refractivity contribution in [2.45, 2.75) is 12.1 Å². The molecule has 5 nitrogen and oxygen atoms in total. The summed E-state index contributed by atoms with van der Waals surface area (Å²) in [6, 6.07) is 22.3. The molecule has 1 aliphatic rings. The fraction of sp³-hybridized carbons (Fsp3) is 0.222. The number of halogens is 2. The first kappa shape index (κ1) is 22.9. The van der Waals surface area contributed by atoms with Gasteiger partial charge >= 0.3 is 0 Å². The number of hydrogen-bond donors (Lipinski definition) is 2. The Hall–Kier alpha value is -2.83. The third-order valence-electron chi connectivity index (χ3n) is 6.51. The van der Waals surface area contributed by atoms with Crippen LogP contribution >= 0.6 is 23.2 Å². The van der Waals surface area contributed by atoms with Crippen molar-refractivity contribution in [2.24, 2.45) is 0 Å². The third kappa shape index (κ3) is 4.57. The molecule has 5 rings (SSSR count). The van der Waals surface area contributed by atoms with Crippen LogP contribution in [0.2, 0.25) is 10.0 Å². The van der Waals surface area contributed by atoms with Crippen LogP contribution in [-0.2, 0) is 0 Å². The average Bonchev–Trinajstić information content (AvgIpc) is 3.29. The first-order valence-electron chi connectivity index (χ1n) is 11.3. The molecular weight excluding hydrogens is 469 g/mol. The zero-order valence-electron chi connectivity index (χ0n) is 18.5. The van der Waals surface area contributed by atoms with E-state index in [1.165, 1.54) is 0 Å². The van der Waals surface area contributed by atoms with Gasteiger partial charge in [0.2, 0.25) is 0 Å². The number of aliphatic hydroxyl groups is 1. The average molecular weight is 494 g/mol. The highest BCUT2D eigenvalue weighted by Crippen LogP contribution is 2.31. The van der Waals surface area contributed by atoms with Gasteiger partial charge in [-0.3, -0.25) is 9.69 Å². The summed E-state index contributed by atoms with van der Waals surface area (Å²) < 4.78 is 0. The van der Waals surface area contributed by atoms with E-state index >= 15 is 0 Å². The lowest BCUT2D eigenvalue weighted by Crippen LogP contribution is -2.51. The molecule has 0 saturated carbocycles. The maximum Gasteiger partial charge on any atom is 0.195 e. The maximum absolute atomic E-state index is 13.5. The number of aliphatic hydroxyl groups excluding tert-OH is 1. The van der Waals surface area contributed by atoms with E-state index in [-0.39, 0.29) is 5.78 Å². The number of H-pyrrole nitrogens is 1. The molecule has 2 atom stereocenters. The number of fused-ring (bicyclic) bond motifs is 1. The fourth-order valence-corrected chi connectivity index (χ4v) is 5.07. The molecule has 34 heavy (non-hydrogen) atoms. The Morgan fingerprint density at radius 1 is 0.882 bits per heavy atom. The molecule has 7 heteroatoms. The highest BCUT2D eigenvalue weighted by molar-refractivity contribution is 6.31. The van der Waals surface area contributed by atoms with Crippen LogP contribution in [0.5, 0.6) is 0 Å². The third-order valence-corrected chi connectivity index (χ3v) is 7.00. The van der Waals surface area contributed by atoms with Gasteiger partial charge in [-0.1, -0.05) is 59.6 Å². The molecule has 2 N–H and O–H groups in total. The van der Waals surface area contributed by atoms with Crippen molar-refractivity contribution in [3.8, 4) is 0 Å². The van der Waals surface area contributed by atoms with E-state index in [0.717, 1.165) is 35.2 Å². The predicted molar refractivity (Wildman–Crippen MR) is 138 cm³/mol. The number of aromatic nitrogens is 1. The number of piperazine rings is 1. The molecule has 0 unspecified atom stereocenters. The van der Waals surface area contributed by atoms with E-state index in [1.807, 2.05) is 60.7 Å². The van der Waals surface area contributed by atoms with Gasteiger partial charge in [0.15, 0.2) is 5.78 Å². The van der Waals surface area contributed by atoms with E-state index in [4.69, 9.17) is 23.2 Å². The SMILES string of the molecule is O=C(c1c[nH]c2ccccc12)[C@H](O)[C@H](c1ccc(Cl)cc1)N1CCN(c2cccc(Cl)c2)CC1. The topological polar surface area (TPSA) is 59.6 Å². The Balaban J connectivity index is 1.42. The normalized spacial score (nSPS) is 16.5. The molecule has 0 amide bonds. The van der Waals surface area contributed by atoms with Gasteiger partial charge in [-0.05, 0) is 42.0 Å². The summed E-state index contributed by atoms with van der Waals surface area (Å²) in [6.07, 6.45) is 0.463. The number of Topliss-reactive ketones (excluding diaryl/α,β-unsaturated/α-hetero) is 1. The molecule has 1 fully saturated rings. The number of carbonyl (C=O) groups is 1. The second-order valence-electron chi connectivity index (χ2n) is 8.56. The number of para-hydroxylation sites is 1. The molecule has 1 saturated heterocycles. The summed E-state index contributed by atoms with van der Waals surface area (Å²) in [4.78, 5) is 21.1. The largest absolute Gasteiger partial charge is 0.383 e. The number of nitrogens with zero attached hydrogens (tertiary/aromatic N) is 2. The number of anilines is 1. The Kier molecular flexibility index (Phi) is 6.61. The smallest absolute Gasteiger partial charge is 0.195 e. The van der Waals surface area contributed by atoms with E-state index in [1.54, 1.807) is 18.3 Å². The quantitative estimate of drug-likeness (QED) is 0.344. The van der Waals surface area contributed by atoms with Crippen LogP contribution in [0.15, 0.2) is 79.0 Å². The number of aromatic amines is 1. The first-order chi connectivity index (χ1) is 16.5. The predicted octanol–water partition coefficient (Wildman–Crippen LogP) is 5.58. The molecule has 174 valence electrons. The van der Waals surface area contributed by atoms with Gasteiger partial charge in [0.1, 0.15) is 6.10 Å². The van der Waals surface area contributed by atoms with Crippen LogP contribution in [0.4, 0.5) is 5.69 Å². The second kappa shape index (κ2) is 9.80. The number of carbonyl (C=O) groups excluding carboxylic acids is 1. The standard InChI is InChI=1S/C27H25Cl2N3O2/c28-19-10-8-18(9-11-19)25(27(34)26(33)23-17-30-24-7-2-1-6-22(23)24)32-14-12-31(13-15-32)21-5-3-4-20(29)16-21/h1-11,16-17,25,27,30,34H,12-15H2/t25-,27+/m0/s1. The van der Waals surface area contributed by atoms with E-state index in [9.17, 15) is 9.90 Å². The van der Waals surface area contributed by atoms with Crippen LogP contribution in [0.1, 0.15) is 22.0 Å². The minimum absolute atomic E-state index is 0.297. The Labute approximate surface area is 208 Å². The number of benzene rings is 3. The summed E-state index contributed by atoms with van der Waals surface area (Å²) in [5, 5.41) is 13.6. The van der Waals surface area contributed by atoms with Crippen molar-refractivity contribution in [2.75, 3.05) is 31.1 Å². The molecule has 3 aromatic carbocycles. The number of hydrogen-bond acceptors (Lipinski definition) is 4. The van der Waals surface area contributed by atoms with Gasteiger partial charge in [0.05, 0.1) is 6.04 Å². The number of nitrogens with one attached hydrogen (secondary N) is 1. The number of ketones is 1. The molecule has 2 heterocycles. The maximum atomic E-state index is 13.5. The van der Waals surface area contributed by atoms with E-state index in [2.05, 4.69) is 14.8 Å². The minimum atomic E-state index is -1.22. The van der Waals surface area contributed by atoms with Gasteiger partial charge < -0.3 is 15.0 Å². The summed E-state index contributed by atoms with van der Waals surface area (Å²) >= 11 is 12.3. The second-order valence-corrected chi connectivity index (χ2v) is 9.43. The summed E-state index contributed by atoms with van der Waals surface area (Å²) in [6.45, 7) is 2.91. The van der Waals surface area contributed by atoms with Crippen LogP contribution in [0.25, 0.3) is 10.9 Å². The van der Waals surface area contributed by atoms with Gasteiger partial charge in [0, 0.05) is 64.6 Å². The summed E-state index contributed by atoms with van der Waals surface area (Å²) in [5.74, 6) is -0.297. The molecule has 0 bridgehead atoms. The minimum Gasteiger partial charge on any atom is -0.383 e. The van der Waals surface area contributed by atoms with Gasteiger partial charge in [0.25, 0.3) is 0 Å². The zero-order chi connectivity index (χ0) is 23.7. The fourth-order valence-electron chi connectivity index (χ4n) is 4.76. The number of rotatable bonds is 6. The Morgan fingerprint density at radius 3 is 2.35 bits per heavy atom. The zero-order valence-corrected chi connectivity index (χ0v) is 20.0. The van der Waals surface area contributed by atoms with Gasteiger partial charge in [-0.2, -0.15) is 0 Å².